The van der Waals surface area contributed by atoms with E-state index in [4.69, 9.17) is 4.74 Å². The maximum Gasteiger partial charge on any atom is 0.419 e. The van der Waals surface area contributed by atoms with Crippen molar-refractivity contribution in [3.05, 3.63) is 84.9 Å². The number of carbonyl (C=O) groups is 1. The maximum absolute atomic E-state index is 13.7. The highest BCUT2D eigenvalue weighted by Crippen LogP contribution is 2.43. The fourth-order valence-corrected chi connectivity index (χ4v) is 5.05. The van der Waals surface area contributed by atoms with Gasteiger partial charge in [-0.1, -0.05) is 86.5 Å². The number of carbonyl (C=O) groups excluding carboxylic acids is 1. The zero-order chi connectivity index (χ0) is 25.3. The zero-order valence-electron chi connectivity index (χ0n) is 21.6. The van der Waals surface area contributed by atoms with Crippen molar-refractivity contribution in [2.45, 2.75) is 59.1 Å². The van der Waals surface area contributed by atoms with E-state index in [0.717, 1.165) is 51.8 Å². The van der Waals surface area contributed by atoms with Crippen LogP contribution in [0.15, 0.2) is 84.9 Å². The number of fused-ring (bicyclic) bond motifs is 2. The summed E-state index contributed by atoms with van der Waals surface area (Å²) in [4.78, 5) is 13.7. The number of ether oxygens (including phenoxy) is 1. The van der Waals surface area contributed by atoms with E-state index >= 15 is 0 Å². The molecule has 0 atom stereocenters. The third-order valence-electron chi connectivity index (χ3n) is 6.55. The van der Waals surface area contributed by atoms with Gasteiger partial charge in [0.2, 0.25) is 0 Å². The smallest absolute Gasteiger partial charge is 0.419 e. The van der Waals surface area contributed by atoms with Crippen molar-refractivity contribution in [1.82, 2.24) is 9.13 Å². The number of aromatic nitrogens is 2. The number of hydrogen-bond donors (Lipinski definition) is 0. The molecule has 0 saturated heterocycles. The molecule has 2 aromatic heterocycles. The Morgan fingerprint density at radius 2 is 1.50 bits per heavy atom. The molecule has 3 aromatic carbocycles. The van der Waals surface area contributed by atoms with E-state index in [1.807, 2.05) is 45.0 Å². The molecular weight excluding hydrogens is 444 g/mol. The summed E-state index contributed by atoms with van der Waals surface area (Å²) in [5.41, 5.74) is 5.63. The van der Waals surface area contributed by atoms with Crippen molar-refractivity contribution >= 4 is 27.9 Å². The average Bonchev–Trinajstić information content (AvgIpc) is 3.39. The number of para-hydroxylation sites is 2. The molecule has 0 N–H and O–H groups in total. The summed E-state index contributed by atoms with van der Waals surface area (Å²) < 4.78 is 10.1. The van der Waals surface area contributed by atoms with Gasteiger partial charge in [-0.05, 0) is 51.0 Å². The summed E-state index contributed by atoms with van der Waals surface area (Å²) in [6.07, 6.45) is 3.08. The van der Waals surface area contributed by atoms with E-state index < -0.39 is 5.60 Å². The number of unbranched alkanes of at least 4 members (excludes halogenated alkanes) is 2. The van der Waals surface area contributed by atoms with Gasteiger partial charge in [-0.25, -0.2) is 9.36 Å². The van der Waals surface area contributed by atoms with Crippen LogP contribution in [0.3, 0.4) is 0 Å². The highest BCUT2D eigenvalue weighted by molar-refractivity contribution is 6.08. The van der Waals surface area contributed by atoms with Crippen LogP contribution in [0.5, 0.6) is 0 Å². The summed E-state index contributed by atoms with van der Waals surface area (Å²) >= 11 is 0. The SMILES string of the molecule is CCCCCn1c(-c2ccccc2)c(-c2cc3ccccc3n2C(=O)OC(C)(C)C)c2ccccc21. The van der Waals surface area contributed by atoms with E-state index in [1.165, 1.54) is 18.4 Å². The van der Waals surface area contributed by atoms with E-state index in [9.17, 15) is 4.79 Å². The van der Waals surface area contributed by atoms with E-state index in [0.29, 0.717) is 0 Å². The van der Waals surface area contributed by atoms with Crippen LogP contribution in [0.2, 0.25) is 0 Å². The molecule has 4 nitrogen and oxygen atoms in total. The van der Waals surface area contributed by atoms with E-state index in [1.54, 1.807) is 4.57 Å². The molecule has 5 aromatic rings. The Bertz CT molecular complexity index is 1520. The van der Waals surface area contributed by atoms with Gasteiger partial charge in [-0.2, -0.15) is 0 Å². The molecule has 0 bridgehead atoms. The molecule has 2 heterocycles. The fourth-order valence-electron chi connectivity index (χ4n) is 5.05. The average molecular weight is 479 g/mol. The summed E-state index contributed by atoms with van der Waals surface area (Å²) in [6, 6.07) is 29.2. The number of benzene rings is 3. The number of nitrogens with zero attached hydrogens (tertiary/aromatic N) is 2. The molecule has 0 aliphatic heterocycles. The molecule has 0 aliphatic carbocycles. The Labute approximate surface area is 213 Å². The Kier molecular flexibility index (Phi) is 6.44. The van der Waals surface area contributed by atoms with Crippen molar-refractivity contribution in [3.63, 3.8) is 0 Å². The standard InChI is InChI=1S/C32H34N2O2/c1-5-6-14-21-33-27-20-13-11-18-25(27)29(30(33)23-15-8-7-9-16-23)28-22-24-17-10-12-19-26(24)34(28)31(35)36-32(2,3)4/h7-13,15-20,22H,5-6,14,21H2,1-4H3. The Morgan fingerprint density at radius 3 is 2.22 bits per heavy atom. The Morgan fingerprint density at radius 1 is 0.833 bits per heavy atom. The molecule has 5 rings (SSSR count). The molecule has 0 amide bonds. The minimum atomic E-state index is -0.601. The van der Waals surface area contributed by atoms with Gasteiger partial charge in [-0.3, -0.25) is 0 Å². The largest absolute Gasteiger partial charge is 0.443 e. The van der Waals surface area contributed by atoms with E-state index in [-0.39, 0.29) is 6.09 Å². The maximum atomic E-state index is 13.7. The van der Waals surface area contributed by atoms with Crippen molar-refractivity contribution in [2.24, 2.45) is 0 Å². The molecule has 0 aliphatic rings. The highest BCUT2D eigenvalue weighted by atomic mass is 16.6. The molecule has 184 valence electrons. The van der Waals surface area contributed by atoms with Crippen molar-refractivity contribution in [1.29, 1.82) is 0 Å². The van der Waals surface area contributed by atoms with Crippen LogP contribution in [0.25, 0.3) is 44.3 Å². The van der Waals surface area contributed by atoms with Crippen LogP contribution >= 0.6 is 0 Å². The highest BCUT2D eigenvalue weighted by Gasteiger charge is 2.27. The first kappa shape index (κ1) is 23.9. The van der Waals surface area contributed by atoms with Gasteiger partial charge in [0.05, 0.1) is 16.9 Å². The Hall–Kier alpha value is -3.79. The normalized spacial score (nSPS) is 11.9. The summed E-state index contributed by atoms with van der Waals surface area (Å²) in [6.45, 7) is 8.88. The quantitative estimate of drug-likeness (QED) is 0.228. The zero-order valence-corrected chi connectivity index (χ0v) is 21.6. The lowest BCUT2D eigenvalue weighted by molar-refractivity contribution is 0.0547. The van der Waals surface area contributed by atoms with Gasteiger partial charge >= 0.3 is 6.09 Å². The van der Waals surface area contributed by atoms with Crippen LogP contribution in [0, 0.1) is 0 Å². The van der Waals surface area contributed by atoms with Gasteiger partial charge in [0.25, 0.3) is 0 Å². The molecule has 36 heavy (non-hydrogen) atoms. The number of hydrogen-bond acceptors (Lipinski definition) is 2. The fraction of sp³-hybridized carbons (Fsp3) is 0.281. The monoisotopic (exact) mass is 478 g/mol. The topological polar surface area (TPSA) is 36.2 Å². The lowest BCUT2D eigenvalue weighted by atomic mass is 10.0. The predicted molar refractivity (Wildman–Crippen MR) is 149 cm³/mol. The predicted octanol–water partition coefficient (Wildman–Crippen LogP) is 8.90. The first-order valence-corrected chi connectivity index (χ1v) is 12.9. The van der Waals surface area contributed by atoms with E-state index in [2.05, 4.69) is 72.2 Å². The van der Waals surface area contributed by atoms with Crippen LogP contribution in [0.4, 0.5) is 4.79 Å². The molecule has 0 saturated carbocycles. The molecule has 0 radical (unpaired) electrons. The first-order valence-electron chi connectivity index (χ1n) is 12.9. The van der Waals surface area contributed by atoms with Crippen LogP contribution in [-0.2, 0) is 11.3 Å². The second-order valence-corrected chi connectivity index (χ2v) is 10.4. The van der Waals surface area contributed by atoms with Crippen LogP contribution in [-0.4, -0.2) is 20.8 Å². The minimum Gasteiger partial charge on any atom is -0.443 e. The van der Waals surface area contributed by atoms with Crippen molar-refractivity contribution < 1.29 is 9.53 Å². The number of aryl methyl sites for hydroxylation is 1. The van der Waals surface area contributed by atoms with Crippen molar-refractivity contribution in [3.8, 4) is 22.5 Å². The van der Waals surface area contributed by atoms with Gasteiger partial charge < -0.3 is 9.30 Å². The second kappa shape index (κ2) is 9.69. The molecular formula is C32H34N2O2. The third-order valence-corrected chi connectivity index (χ3v) is 6.55. The minimum absolute atomic E-state index is 0.361. The number of rotatable bonds is 6. The molecule has 0 unspecified atom stereocenters. The lowest BCUT2D eigenvalue weighted by Crippen LogP contribution is -2.27. The third kappa shape index (κ3) is 4.44. The van der Waals surface area contributed by atoms with Gasteiger partial charge in [-0.15, -0.1) is 0 Å². The van der Waals surface area contributed by atoms with Gasteiger partial charge in [0.15, 0.2) is 0 Å². The molecule has 0 spiro atoms. The van der Waals surface area contributed by atoms with Crippen LogP contribution < -0.4 is 0 Å². The van der Waals surface area contributed by atoms with Gasteiger partial charge in [0, 0.05) is 28.4 Å². The summed E-state index contributed by atoms with van der Waals surface area (Å²) in [7, 11) is 0. The first-order chi connectivity index (χ1) is 17.4. The molecule has 0 fully saturated rings. The molecule has 4 heteroatoms. The van der Waals surface area contributed by atoms with Crippen LogP contribution in [0.1, 0.15) is 47.0 Å². The summed E-state index contributed by atoms with van der Waals surface area (Å²) in [5, 5.41) is 2.15. The van der Waals surface area contributed by atoms with Crippen molar-refractivity contribution in [2.75, 3.05) is 0 Å². The Balaban J connectivity index is 1.86. The lowest BCUT2D eigenvalue weighted by Gasteiger charge is -2.21. The van der Waals surface area contributed by atoms with Gasteiger partial charge in [0.1, 0.15) is 5.60 Å². The summed E-state index contributed by atoms with van der Waals surface area (Å²) in [5.74, 6) is 0. The second-order valence-electron chi connectivity index (χ2n) is 10.4.